The quantitative estimate of drug-likeness (QED) is 0.892. The SMILES string of the molecule is CC(C)N1CC(N)CC(Cc2ccc(F)cc2)C1. The van der Waals surface area contributed by atoms with E-state index in [0.717, 1.165) is 25.9 Å². The maximum atomic E-state index is 12.9. The van der Waals surface area contributed by atoms with Crippen LogP contribution < -0.4 is 5.73 Å². The van der Waals surface area contributed by atoms with Crippen LogP contribution in [0.4, 0.5) is 4.39 Å². The van der Waals surface area contributed by atoms with E-state index in [1.54, 1.807) is 0 Å². The zero-order valence-corrected chi connectivity index (χ0v) is 11.3. The highest BCUT2D eigenvalue weighted by Crippen LogP contribution is 2.22. The van der Waals surface area contributed by atoms with Crippen molar-refractivity contribution in [2.45, 2.75) is 38.8 Å². The molecule has 1 aliphatic heterocycles. The van der Waals surface area contributed by atoms with Gasteiger partial charge in [-0.05, 0) is 50.3 Å². The van der Waals surface area contributed by atoms with Gasteiger partial charge in [0.2, 0.25) is 0 Å². The van der Waals surface area contributed by atoms with E-state index < -0.39 is 0 Å². The van der Waals surface area contributed by atoms with Crippen LogP contribution in [0.5, 0.6) is 0 Å². The Balaban J connectivity index is 1.98. The second-order valence-corrected chi connectivity index (χ2v) is 5.74. The topological polar surface area (TPSA) is 29.3 Å². The van der Waals surface area contributed by atoms with E-state index in [-0.39, 0.29) is 11.9 Å². The number of likely N-dealkylation sites (tertiary alicyclic amines) is 1. The normalized spacial score (nSPS) is 25.6. The molecule has 18 heavy (non-hydrogen) atoms. The summed E-state index contributed by atoms with van der Waals surface area (Å²) in [7, 11) is 0. The van der Waals surface area contributed by atoms with Crippen LogP contribution in [0.25, 0.3) is 0 Å². The highest BCUT2D eigenvalue weighted by atomic mass is 19.1. The maximum absolute atomic E-state index is 12.9. The minimum Gasteiger partial charge on any atom is -0.327 e. The number of halogens is 1. The van der Waals surface area contributed by atoms with Crippen molar-refractivity contribution in [2.24, 2.45) is 11.7 Å². The summed E-state index contributed by atoms with van der Waals surface area (Å²) in [5.41, 5.74) is 7.34. The molecule has 0 aliphatic carbocycles. The molecule has 100 valence electrons. The van der Waals surface area contributed by atoms with Crippen molar-refractivity contribution in [1.29, 1.82) is 0 Å². The number of piperidine rings is 1. The van der Waals surface area contributed by atoms with E-state index >= 15 is 0 Å². The molecule has 1 aromatic rings. The fourth-order valence-corrected chi connectivity index (χ4v) is 2.81. The number of nitrogens with two attached hydrogens (primary N) is 1. The lowest BCUT2D eigenvalue weighted by atomic mass is 9.88. The first-order valence-corrected chi connectivity index (χ1v) is 6.78. The number of benzene rings is 1. The molecule has 1 saturated heterocycles. The summed E-state index contributed by atoms with van der Waals surface area (Å²) in [6, 6.07) is 7.67. The Kier molecular flexibility index (Phi) is 4.36. The first kappa shape index (κ1) is 13.5. The molecule has 1 heterocycles. The summed E-state index contributed by atoms with van der Waals surface area (Å²) in [5, 5.41) is 0. The van der Waals surface area contributed by atoms with Gasteiger partial charge in [-0.1, -0.05) is 12.1 Å². The Morgan fingerprint density at radius 3 is 2.56 bits per heavy atom. The van der Waals surface area contributed by atoms with E-state index in [4.69, 9.17) is 5.73 Å². The van der Waals surface area contributed by atoms with Crippen LogP contribution in [0.15, 0.2) is 24.3 Å². The highest BCUT2D eigenvalue weighted by molar-refractivity contribution is 5.17. The molecule has 1 aromatic carbocycles. The third kappa shape index (κ3) is 3.53. The van der Waals surface area contributed by atoms with Gasteiger partial charge in [0.15, 0.2) is 0 Å². The fourth-order valence-electron chi connectivity index (χ4n) is 2.81. The number of hydrogen-bond donors (Lipinski definition) is 1. The van der Waals surface area contributed by atoms with Crippen molar-refractivity contribution in [3.63, 3.8) is 0 Å². The summed E-state index contributed by atoms with van der Waals surface area (Å²) < 4.78 is 12.9. The molecule has 2 unspecified atom stereocenters. The fraction of sp³-hybridized carbons (Fsp3) is 0.600. The van der Waals surface area contributed by atoms with Crippen molar-refractivity contribution in [2.75, 3.05) is 13.1 Å². The molecule has 0 spiro atoms. The molecule has 2 N–H and O–H groups in total. The molecule has 3 heteroatoms. The first-order valence-electron chi connectivity index (χ1n) is 6.78. The Bertz CT molecular complexity index is 375. The van der Waals surface area contributed by atoms with Crippen LogP contribution >= 0.6 is 0 Å². The van der Waals surface area contributed by atoms with Crippen LogP contribution in [0, 0.1) is 11.7 Å². The molecule has 0 bridgehead atoms. The summed E-state index contributed by atoms with van der Waals surface area (Å²) >= 11 is 0. The predicted octanol–water partition coefficient (Wildman–Crippen LogP) is 2.43. The molecule has 1 aliphatic rings. The van der Waals surface area contributed by atoms with Gasteiger partial charge >= 0.3 is 0 Å². The van der Waals surface area contributed by atoms with Crippen molar-refractivity contribution in [1.82, 2.24) is 4.90 Å². The standard InChI is InChI=1S/C15H23FN2/c1-11(2)18-9-13(8-15(17)10-18)7-12-3-5-14(16)6-4-12/h3-6,11,13,15H,7-10,17H2,1-2H3. The molecular weight excluding hydrogens is 227 g/mol. The largest absolute Gasteiger partial charge is 0.327 e. The van der Waals surface area contributed by atoms with Gasteiger partial charge in [-0.3, -0.25) is 4.90 Å². The summed E-state index contributed by atoms with van der Waals surface area (Å²) in [5.74, 6) is 0.421. The van der Waals surface area contributed by atoms with Gasteiger partial charge in [0.1, 0.15) is 5.82 Å². The van der Waals surface area contributed by atoms with Crippen LogP contribution in [0.3, 0.4) is 0 Å². The monoisotopic (exact) mass is 250 g/mol. The molecule has 1 fully saturated rings. The van der Waals surface area contributed by atoms with Crippen LogP contribution in [0.2, 0.25) is 0 Å². The third-order valence-electron chi connectivity index (χ3n) is 3.77. The predicted molar refractivity (Wildman–Crippen MR) is 72.9 cm³/mol. The van der Waals surface area contributed by atoms with Gasteiger partial charge in [0.25, 0.3) is 0 Å². The van der Waals surface area contributed by atoms with Crippen LogP contribution in [0.1, 0.15) is 25.8 Å². The van der Waals surface area contributed by atoms with Crippen LogP contribution in [-0.2, 0) is 6.42 Å². The van der Waals surface area contributed by atoms with Gasteiger partial charge in [0.05, 0.1) is 0 Å². The molecule has 0 saturated carbocycles. The van der Waals surface area contributed by atoms with Crippen molar-refractivity contribution < 1.29 is 4.39 Å². The molecule has 0 aromatic heterocycles. The zero-order valence-electron chi connectivity index (χ0n) is 11.3. The average molecular weight is 250 g/mol. The van der Waals surface area contributed by atoms with E-state index in [2.05, 4.69) is 18.7 Å². The van der Waals surface area contributed by atoms with Gasteiger partial charge in [-0.25, -0.2) is 4.39 Å². The van der Waals surface area contributed by atoms with E-state index in [0.29, 0.717) is 12.0 Å². The highest BCUT2D eigenvalue weighted by Gasteiger charge is 2.26. The molecule has 2 atom stereocenters. The second kappa shape index (κ2) is 5.81. The van der Waals surface area contributed by atoms with Crippen molar-refractivity contribution in [3.8, 4) is 0 Å². The maximum Gasteiger partial charge on any atom is 0.123 e. The first-order chi connectivity index (χ1) is 8.54. The van der Waals surface area contributed by atoms with Gasteiger partial charge in [0, 0.05) is 25.2 Å². The van der Waals surface area contributed by atoms with E-state index in [1.165, 1.54) is 17.7 Å². The Hall–Kier alpha value is -0.930. The van der Waals surface area contributed by atoms with Gasteiger partial charge in [-0.2, -0.15) is 0 Å². The lowest BCUT2D eigenvalue weighted by molar-refractivity contribution is 0.124. The summed E-state index contributed by atoms with van der Waals surface area (Å²) in [4.78, 5) is 2.45. The van der Waals surface area contributed by atoms with E-state index in [1.807, 2.05) is 12.1 Å². The summed E-state index contributed by atoms with van der Waals surface area (Å²) in [6.07, 6.45) is 2.07. The third-order valence-corrected chi connectivity index (χ3v) is 3.77. The number of hydrogen-bond acceptors (Lipinski definition) is 2. The molecule has 2 nitrogen and oxygen atoms in total. The average Bonchev–Trinajstić information content (AvgIpc) is 2.31. The van der Waals surface area contributed by atoms with Gasteiger partial charge < -0.3 is 5.73 Å². The number of nitrogens with zero attached hydrogens (tertiary/aromatic N) is 1. The smallest absolute Gasteiger partial charge is 0.123 e. The molecule has 0 radical (unpaired) electrons. The molecular formula is C15H23FN2. The molecule has 0 amide bonds. The minimum absolute atomic E-state index is 0.164. The van der Waals surface area contributed by atoms with E-state index in [9.17, 15) is 4.39 Å². The van der Waals surface area contributed by atoms with Crippen LogP contribution in [-0.4, -0.2) is 30.1 Å². The van der Waals surface area contributed by atoms with Gasteiger partial charge in [-0.15, -0.1) is 0 Å². The number of rotatable bonds is 3. The second-order valence-electron chi connectivity index (χ2n) is 5.74. The van der Waals surface area contributed by atoms with Crippen molar-refractivity contribution in [3.05, 3.63) is 35.6 Å². The Morgan fingerprint density at radius 1 is 1.28 bits per heavy atom. The minimum atomic E-state index is -0.164. The lowest BCUT2D eigenvalue weighted by Gasteiger charge is -2.38. The lowest BCUT2D eigenvalue weighted by Crippen LogP contribution is -2.50. The molecule has 2 rings (SSSR count). The Labute approximate surface area is 109 Å². The van der Waals surface area contributed by atoms with Crippen molar-refractivity contribution >= 4 is 0 Å². The zero-order chi connectivity index (χ0) is 13.1. The summed E-state index contributed by atoms with van der Waals surface area (Å²) in [6.45, 7) is 6.53. The Morgan fingerprint density at radius 2 is 1.94 bits per heavy atom.